The van der Waals surface area contributed by atoms with E-state index in [0.717, 1.165) is 6.07 Å². The highest BCUT2D eigenvalue weighted by Crippen LogP contribution is 2.31. The fourth-order valence-corrected chi connectivity index (χ4v) is 1.82. The molecule has 21 heavy (non-hydrogen) atoms. The fourth-order valence-electron chi connectivity index (χ4n) is 1.57. The maximum absolute atomic E-state index is 12.6. The van der Waals surface area contributed by atoms with Crippen LogP contribution in [0.3, 0.4) is 0 Å². The van der Waals surface area contributed by atoms with Crippen LogP contribution in [0.15, 0.2) is 24.3 Å². The van der Waals surface area contributed by atoms with Crippen molar-refractivity contribution in [2.75, 3.05) is 18.2 Å². The Morgan fingerprint density at radius 1 is 1.24 bits per heavy atom. The van der Waals surface area contributed by atoms with Crippen LogP contribution in [0.4, 0.5) is 30.6 Å². The van der Waals surface area contributed by atoms with E-state index in [1.54, 1.807) is 12.1 Å². The third-order valence-corrected chi connectivity index (χ3v) is 2.75. The summed E-state index contributed by atoms with van der Waals surface area (Å²) in [6.07, 6.45) is -4.61. The zero-order valence-electron chi connectivity index (χ0n) is 10.7. The van der Waals surface area contributed by atoms with E-state index in [1.807, 2.05) is 0 Å². The quantitative estimate of drug-likeness (QED) is 0.906. The number of methoxy groups -OCH3 is 1. The highest BCUT2D eigenvalue weighted by Gasteiger charge is 2.33. The number of rotatable bonds is 3. The van der Waals surface area contributed by atoms with Crippen LogP contribution in [0.25, 0.3) is 0 Å². The summed E-state index contributed by atoms with van der Waals surface area (Å²) in [5.41, 5.74) is 4.59. The van der Waals surface area contributed by atoms with Gasteiger partial charge >= 0.3 is 6.18 Å². The first-order chi connectivity index (χ1) is 9.79. The summed E-state index contributed by atoms with van der Waals surface area (Å²) in [7, 11) is 1.45. The molecule has 0 aliphatic rings. The molecule has 0 fully saturated rings. The minimum absolute atomic E-state index is 0.0870. The Kier molecular flexibility index (Phi) is 4.08. The van der Waals surface area contributed by atoms with Crippen molar-refractivity contribution >= 4 is 29.1 Å². The average molecular weight is 319 g/mol. The van der Waals surface area contributed by atoms with Gasteiger partial charge in [-0.15, -0.1) is 0 Å². The van der Waals surface area contributed by atoms with Gasteiger partial charge in [0.1, 0.15) is 11.6 Å². The van der Waals surface area contributed by atoms with Crippen LogP contribution < -0.4 is 15.8 Å². The predicted molar refractivity (Wildman–Crippen MR) is 72.7 cm³/mol. The number of anilines is 3. The molecule has 0 spiro atoms. The maximum Gasteiger partial charge on any atom is 0.433 e. The molecule has 0 atom stereocenters. The number of halogens is 4. The number of ether oxygens (including phenoxy) is 1. The molecule has 1 heterocycles. The second kappa shape index (κ2) is 5.65. The molecule has 0 radical (unpaired) electrons. The Morgan fingerprint density at radius 2 is 1.95 bits per heavy atom. The third-order valence-electron chi connectivity index (χ3n) is 2.46. The summed E-state index contributed by atoms with van der Waals surface area (Å²) < 4.78 is 42.9. The van der Waals surface area contributed by atoms with Crippen molar-refractivity contribution in [3.8, 4) is 5.75 Å². The fraction of sp³-hybridized carbons (Fsp3) is 0.167. The van der Waals surface area contributed by atoms with E-state index in [9.17, 15) is 13.2 Å². The van der Waals surface area contributed by atoms with Crippen molar-refractivity contribution in [2.45, 2.75) is 6.18 Å². The number of nitrogens with zero attached hydrogens (tertiary/aromatic N) is 2. The summed E-state index contributed by atoms with van der Waals surface area (Å²) in [6.45, 7) is 0. The smallest absolute Gasteiger partial charge is 0.433 e. The Hall–Kier alpha value is -2.22. The molecule has 0 saturated heterocycles. The van der Waals surface area contributed by atoms with Crippen LogP contribution in [0.2, 0.25) is 5.02 Å². The van der Waals surface area contributed by atoms with E-state index < -0.39 is 17.8 Å². The molecule has 1 aromatic heterocycles. The number of hydrogen-bond acceptors (Lipinski definition) is 5. The summed E-state index contributed by atoms with van der Waals surface area (Å²) in [5, 5.41) is 2.98. The number of benzene rings is 1. The number of aromatic nitrogens is 2. The van der Waals surface area contributed by atoms with Crippen LogP contribution in [0.5, 0.6) is 5.75 Å². The predicted octanol–water partition coefficient (Wildman–Crippen LogP) is 3.48. The molecular formula is C12H10ClF3N4O. The average Bonchev–Trinajstić information content (AvgIpc) is 2.37. The first-order valence-electron chi connectivity index (χ1n) is 5.62. The molecular weight excluding hydrogens is 309 g/mol. The van der Waals surface area contributed by atoms with Crippen LogP contribution in [0, 0.1) is 0 Å². The van der Waals surface area contributed by atoms with Crippen LogP contribution in [-0.4, -0.2) is 17.1 Å². The molecule has 2 rings (SSSR count). The number of nitrogens with two attached hydrogens (primary N) is 1. The van der Waals surface area contributed by atoms with Crippen molar-refractivity contribution in [3.63, 3.8) is 0 Å². The number of hydrogen-bond donors (Lipinski definition) is 2. The minimum Gasteiger partial charge on any atom is -0.495 e. The SMILES string of the molecule is COc1ccc(Nc2cc(C(F)(F)F)nc(N)n2)cc1Cl. The van der Waals surface area contributed by atoms with E-state index >= 15 is 0 Å². The molecule has 0 bridgehead atoms. The summed E-state index contributed by atoms with van der Waals surface area (Å²) in [5.74, 6) is -0.122. The second-order valence-electron chi connectivity index (χ2n) is 3.97. The van der Waals surface area contributed by atoms with Gasteiger partial charge in [0, 0.05) is 11.8 Å². The van der Waals surface area contributed by atoms with E-state index in [1.165, 1.54) is 13.2 Å². The van der Waals surface area contributed by atoms with Crippen molar-refractivity contribution in [3.05, 3.63) is 35.0 Å². The minimum atomic E-state index is -4.61. The summed E-state index contributed by atoms with van der Waals surface area (Å²) >= 11 is 5.93. The molecule has 0 amide bonds. The largest absolute Gasteiger partial charge is 0.495 e. The van der Waals surface area contributed by atoms with E-state index in [2.05, 4.69) is 15.3 Å². The van der Waals surface area contributed by atoms with Crippen LogP contribution in [-0.2, 0) is 6.18 Å². The van der Waals surface area contributed by atoms with Gasteiger partial charge in [-0.3, -0.25) is 0 Å². The van der Waals surface area contributed by atoms with Gasteiger partial charge in [-0.2, -0.15) is 18.2 Å². The van der Waals surface area contributed by atoms with Crippen molar-refractivity contribution < 1.29 is 17.9 Å². The van der Waals surface area contributed by atoms with Gasteiger partial charge in [0.15, 0.2) is 5.69 Å². The topological polar surface area (TPSA) is 73.1 Å². The van der Waals surface area contributed by atoms with Crippen molar-refractivity contribution in [2.24, 2.45) is 0 Å². The molecule has 9 heteroatoms. The molecule has 0 unspecified atom stereocenters. The highest BCUT2D eigenvalue weighted by atomic mass is 35.5. The standard InChI is InChI=1S/C12H10ClF3N4O/c1-21-8-3-2-6(4-7(8)13)18-10-5-9(12(14,15)16)19-11(17)20-10/h2-5H,1H3,(H3,17,18,19,20). The van der Waals surface area contributed by atoms with Gasteiger partial charge in [0.05, 0.1) is 12.1 Å². The first kappa shape index (κ1) is 15.2. The van der Waals surface area contributed by atoms with Gasteiger partial charge < -0.3 is 15.8 Å². The van der Waals surface area contributed by atoms with Crippen LogP contribution >= 0.6 is 11.6 Å². The Balaban J connectivity index is 2.31. The lowest BCUT2D eigenvalue weighted by molar-refractivity contribution is -0.141. The molecule has 3 N–H and O–H groups in total. The molecule has 112 valence electrons. The van der Waals surface area contributed by atoms with Crippen molar-refractivity contribution in [1.29, 1.82) is 0 Å². The first-order valence-corrected chi connectivity index (χ1v) is 5.99. The lowest BCUT2D eigenvalue weighted by atomic mass is 10.3. The zero-order chi connectivity index (χ0) is 15.6. The Labute approximate surface area is 122 Å². The van der Waals surface area contributed by atoms with Crippen LogP contribution in [0.1, 0.15) is 5.69 Å². The summed E-state index contributed by atoms with van der Waals surface area (Å²) in [4.78, 5) is 6.84. The van der Waals surface area contributed by atoms with E-state index in [-0.39, 0.29) is 5.82 Å². The molecule has 0 aliphatic heterocycles. The lowest BCUT2D eigenvalue weighted by Crippen LogP contribution is -2.12. The molecule has 1 aromatic carbocycles. The van der Waals surface area contributed by atoms with Gasteiger partial charge in [-0.25, -0.2) is 4.98 Å². The number of nitrogen functional groups attached to an aromatic ring is 1. The van der Waals surface area contributed by atoms with Gasteiger partial charge in [0.25, 0.3) is 0 Å². The van der Waals surface area contributed by atoms with Gasteiger partial charge in [0.2, 0.25) is 5.95 Å². The zero-order valence-corrected chi connectivity index (χ0v) is 11.5. The number of nitrogens with one attached hydrogen (secondary N) is 1. The Morgan fingerprint density at radius 3 is 2.52 bits per heavy atom. The molecule has 0 aliphatic carbocycles. The normalized spacial score (nSPS) is 11.3. The lowest BCUT2D eigenvalue weighted by Gasteiger charge is -2.11. The maximum atomic E-state index is 12.6. The second-order valence-corrected chi connectivity index (χ2v) is 4.38. The molecule has 0 saturated carbocycles. The molecule has 2 aromatic rings. The highest BCUT2D eigenvalue weighted by molar-refractivity contribution is 6.32. The number of alkyl halides is 3. The van der Waals surface area contributed by atoms with E-state index in [0.29, 0.717) is 16.5 Å². The van der Waals surface area contributed by atoms with E-state index in [4.69, 9.17) is 22.1 Å². The Bertz CT molecular complexity index is 663. The van der Waals surface area contributed by atoms with Gasteiger partial charge in [-0.05, 0) is 18.2 Å². The van der Waals surface area contributed by atoms with Crippen molar-refractivity contribution in [1.82, 2.24) is 9.97 Å². The van der Waals surface area contributed by atoms with Gasteiger partial charge in [-0.1, -0.05) is 11.6 Å². The summed E-state index contributed by atoms with van der Waals surface area (Å²) in [6, 6.07) is 5.40. The monoisotopic (exact) mass is 318 g/mol. The molecule has 5 nitrogen and oxygen atoms in total. The third kappa shape index (κ3) is 3.66.